The number of nitrogens with one attached hydrogen (secondary N) is 1. The summed E-state index contributed by atoms with van der Waals surface area (Å²) in [6.07, 6.45) is 6.50. The molecular weight excluding hydrogens is 629 g/mol. The van der Waals surface area contributed by atoms with Crippen LogP contribution in [0.2, 0.25) is 0 Å². The van der Waals surface area contributed by atoms with E-state index < -0.39 is 5.60 Å². The molecule has 0 aromatic heterocycles. The number of piperidine rings is 2. The summed E-state index contributed by atoms with van der Waals surface area (Å²) in [4.78, 5) is 19.5. The Balaban J connectivity index is 0.000000205. The number of carbonyl (C=O) groups excluding carboxylic acids is 1. The third-order valence-electron chi connectivity index (χ3n) is 9.98. The smallest absolute Gasteiger partial charge is 0.410 e. The van der Waals surface area contributed by atoms with Gasteiger partial charge in [-0.2, -0.15) is 0 Å². The molecule has 2 saturated heterocycles. The Morgan fingerprint density at radius 2 is 0.980 bits per heavy atom. The molecule has 4 aromatic carbocycles. The first-order chi connectivity index (χ1) is 24.8. The summed E-state index contributed by atoms with van der Waals surface area (Å²) >= 11 is 0. The number of hydrogen-bond acceptors (Lipinski definition) is 5. The molecule has 0 unspecified atom stereocenters. The molecule has 0 aliphatic carbocycles. The van der Waals surface area contributed by atoms with E-state index in [2.05, 4.69) is 136 Å². The fourth-order valence-electron chi connectivity index (χ4n) is 7.16. The van der Waals surface area contributed by atoms with Crippen molar-refractivity contribution in [1.29, 1.82) is 0 Å². The number of carbonyl (C=O) groups is 1. The van der Waals surface area contributed by atoms with Crippen LogP contribution in [0.4, 0.5) is 4.79 Å². The molecule has 0 saturated carbocycles. The molecule has 1 N–H and O–H groups in total. The van der Waals surface area contributed by atoms with Crippen molar-refractivity contribution in [3.63, 3.8) is 0 Å². The Morgan fingerprint density at radius 1 is 0.608 bits per heavy atom. The summed E-state index contributed by atoms with van der Waals surface area (Å²) in [6, 6.07) is 44.3. The molecule has 2 aliphatic rings. The van der Waals surface area contributed by atoms with Crippen LogP contribution < -0.4 is 5.32 Å². The van der Waals surface area contributed by atoms with Crippen molar-refractivity contribution in [2.45, 2.75) is 90.1 Å². The Morgan fingerprint density at radius 3 is 1.37 bits per heavy atom. The van der Waals surface area contributed by atoms with Crippen LogP contribution >= 0.6 is 0 Å². The van der Waals surface area contributed by atoms with Gasteiger partial charge in [-0.1, -0.05) is 121 Å². The number of likely N-dealkylation sites (tertiary alicyclic amines) is 1. The summed E-state index contributed by atoms with van der Waals surface area (Å²) in [5.74, 6) is 0. The number of nitrogens with zero attached hydrogens (tertiary/aromatic N) is 3. The van der Waals surface area contributed by atoms with Crippen LogP contribution in [0.3, 0.4) is 0 Å². The normalized spacial score (nSPS) is 15.7. The van der Waals surface area contributed by atoms with E-state index in [4.69, 9.17) is 4.74 Å². The Labute approximate surface area is 307 Å². The van der Waals surface area contributed by atoms with Gasteiger partial charge in [-0.3, -0.25) is 9.80 Å². The highest BCUT2D eigenvalue weighted by atomic mass is 16.6. The molecular formula is C45H60N4O2. The third kappa shape index (κ3) is 13.6. The van der Waals surface area contributed by atoms with Crippen molar-refractivity contribution in [3.8, 4) is 0 Å². The minimum atomic E-state index is -0.442. The fourth-order valence-corrected chi connectivity index (χ4v) is 7.16. The number of rotatable bonds is 12. The van der Waals surface area contributed by atoms with Crippen molar-refractivity contribution < 1.29 is 9.53 Å². The summed E-state index contributed by atoms with van der Waals surface area (Å²) in [7, 11) is 0. The Bertz CT molecular complexity index is 1510. The minimum Gasteiger partial charge on any atom is -0.444 e. The first kappa shape index (κ1) is 38.3. The zero-order valence-corrected chi connectivity index (χ0v) is 31.3. The average molecular weight is 689 g/mol. The van der Waals surface area contributed by atoms with Gasteiger partial charge in [-0.15, -0.1) is 0 Å². The van der Waals surface area contributed by atoms with E-state index in [1.54, 1.807) is 0 Å². The second-order valence-corrected chi connectivity index (χ2v) is 15.1. The molecule has 6 heteroatoms. The summed E-state index contributed by atoms with van der Waals surface area (Å²) < 4.78 is 5.55. The van der Waals surface area contributed by atoms with Crippen LogP contribution in [0.25, 0.3) is 0 Å². The Hall–Kier alpha value is -3.97. The molecule has 2 heterocycles. The van der Waals surface area contributed by atoms with Crippen LogP contribution in [-0.4, -0.2) is 77.7 Å². The topological polar surface area (TPSA) is 48.1 Å². The first-order valence-corrected chi connectivity index (χ1v) is 19.1. The second kappa shape index (κ2) is 20.2. The highest BCUT2D eigenvalue weighted by Crippen LogP contribution is 2.22. The Kier molecular flexibility index (Phi) is 15.1. The summed E-state index contributed by atoms with van der Waals surface area (Å²) in [5, 5.41) is 3.48. The fraction of sp³-hybridized carbons (Fsp3) is 0.444. The van der Waals surface area contributed by atoms with E-state index in [0.29, 0.717) is 12.1 Å². The maximum atomic E-state index is 12.4. The van der Waals surface area contributed by atoms with Crippen molar-refractivity contribution in [2.75, 3.05) is 39.3 Å². The predicted octanol–water partition coefficient (Wildman–Crippen LogP) is 8.61. The molecule has 6 nitrogen and oxygen atoms in total. The van der Waals surface area contributed by atoms with Gasteiger partial charge >= 0.3 is 6.09 Å². The molecule has 0 atom stereocenters. The first-order valence-electron chi connectivity index (χ1n) is 19.1. The largest absolute Gasteiger partial charge is 0.444 e. The monoisotopic (exact) mass is 688 g/mol. The van der Waals surface area contributed by atoms with Crippen LogP contribution in [0.15, 0.2) is 121 Å². The van der Waals surface area contributed by atoms with E-state index >= 15 is 0 Å². The lowest BCUT2D eigenvalue weighted by Gasteiger charge is -2.39. The van der Waals surface area contributed by atoms with Gasteiger partial charge in [0.25, 0.3) is 0 Å². The quantitative estimate of drug-likeness (QED) is 0.162. The molecule has 272 valence electrons. The number of amides is 1. The molecule has 2 fully saturated rings. The predicted molar refractivity (Wildman–Crippen MR) is 211 cm³/mol. The molecule has 2 aliphatic heterocycles. The zero-order valence-electron chi connectivity index (χ0n) is 31.3. The highest BCUT2D eigenvalue weighted by molar-refractivity contribution is 5.68. The van der Waals surface area contributed by atoms with E-state index in [1.807, 2.05) is 25.7 Å². The van der Waals surface area contributed by atoms with Crippen LogP contribution in [0.5, 0.6) is 0 Å². The molecule has 4 aromatic rings. The maximum absolute atomic E-state index is 12.4. The van der Waals surface area contributed by atoms with E-state index in [0.717, 1.165) is 78.0 Å². The zero-order chi connectivity index (χ0) is 35.7. The SMILES string of the molecule is CC(C)(C)OC(=O)N1CCC(N(CCc2ccccc2)Cc2ccccc2)CC1.c1ccc(CCN(Cc2ccccc2)C2CCNCC2)cc1. The van der Waals surface area contributed by atoms with Gasteiger partial charge in [-0.05, 0) is 94.6 Å². The van der Waals surface area contributed by atoms with Gasteiger partial charge in [0.05, 0.1) is 0 Å². The van der Waals surface area contributed by atoms with Gasteiger partial charge in [0.1, 0.15) is 5.60 Å². The number of ether oxygens (including phenoxy) is 1. The number of benzene rings is 4. The van der Waals surface area contributed by atoms with Gasteiger partial charge in [0, 0.05) is 51.4 Å². The van der Waals surface area contributed by atoms with Crippen LogP contribution in [0, 0.1) is 0 Å². The van der Waals surface area contributed by atoms with E-state index in [1.165, 1.54) is 35.1 Å². The maximum Gasteiger partial charge on any atom is 0.410 e. The van der Waals surface area contributed by atoms with Crippen molar-refractivity contribution in [3.05, 3.63) is 144 Å². The van der Waals surface area contributed by atoms with Crippen LogP contribution in [-0.2, 0) is 30.7 Å². The molecule has 0 radical (unpaired) electrons. The lowest BCUT2D eigenvalue weighted by atomic mass is 10.0. The van der Waals surface area contributed by atoms with Gasteiger partial charge in [0.15, 0.2) is 0 Å². The van der Waals surface area contributed by atoms with Crippen molar-refractivity contribution >= 4 is 6.09 Å². The second-order valence-electron chi connectivity index (χ2n) is 15.1. The lowest BCUT2D eigenvalue weighted by molar-refractivity contribution is 0.0138. The van der Waals surface area contributed by atoms with Crippen molar-refractivity contribution in [1.82, 2.24) is 20.0 Å². The van der Waals surface area contributed by atoms with E-state index in [9.17, 15) is 4.79 Å². The molecule has 0 spiro atoms. The molecule has 51 heavy (non-hydrogen) atoms. The number of hydrogen-bond donors (Lipinski definition) is 1. The van der Waals surface area contributed by atoms with Crippen molar-refractivity contribution in [2.24, 2.45) is 0 Å². The minimum absolute atomic E-state index is 0.185. The van der Waals surface area contributed by atoms with Crippen LogP contribution in [0.1, 0.15) is 68.7 Å². The van der Waals surface area contributed by atoms with Gasteiger partial charge < -0.3 is 15.0 Å². The average Bonchev–Trinajstić information content (AvgIpc) is 3.17. The van der Waals surface area contributed by atoms with E-state index in [-0.39, 0.29) is 6.09 Å². The molecule has 1 amide bonds. The van der Waals surface area contributed by atoms with Gasteiger partial charge in [0.2, 0.25) is 0 Å². The molecule has 6 rings (SSSR count). The van der Waals surface area contributed by atoms with Gasteiger partial charge in [-0.25, -0.2) is 4.79 Å². The standard InChI is InChI=1S/C25H34N2O2.C20H26N2/c1-25(2,3)29-24(28)26-18-15-23(16-19-26)27(20-22-12-8-5-9-13-22)17-14-21-10-6-4-7-11-21;1-3-7-18(8-4-1)13-16-22(20-11-14-21-15-12-20)17-19-9-5-2-6-10-19/h4-13,23H,14-20H2,1-3H3;1-10,20-21H,11-17H2. The third-order valence-corrected chi connectivity index (χ3v) is 9.98. The highest BCUT2D eigenvalue weighted by Gasteiger charge is 2.29. The molecule has 0 bridgehead atoms. The summed E-state index contributed by atoms with van der Waals surface area (Å²) in [6.45, 7) is 13.8. The summed E-state index contributed by atoms with van der Waals surface area (Å²) in [5.41, 5.74) is 5.14. The lowest BCUT2D eigenvalue weighted by Crippen LogP contribution is -2.48.